The minimum atomic E-state index is -0.432. The summed E-state index contributed by atoms with van der Waals surface area (Å²) in [6.45, 7) is 2.07. The Bertz CT molecular complexity index is 879. The van der Waals surface area contributed by atoms with Crippen molar-refractivity contribution in [2.24, 2.45) is 0 Å². The highest BCUT2D eigenvalue weighted by atomic mass is 32.1. The van der Waals surface area contributed by atoms with Crippen LogP contribution in [0.1, 0.15) is 17.3 Å². The normalized spacial score (nSPS) is 10.4. The molecule has 0 radical (unpaired) electrons. The van der Waals surface area contributed by atoms with Crippen molar-refractivity contribution in [3.63, 3.8) is 0 Å². The van der Waals surface area contributed by atoms with E-state index in [1.165, 1.54) is 11.3 Å². The van der Waals surface area contributed by atoms with Crippen LogP contribution in [0.4, 0.5) is 15.7 Å². The Morgan fingerprint density at radius 1 is 1.21 bits per heavy atom. The number of urea groups is 1. The SMILES string of the molecule is CCOC(=O)c1ccc2nc(NC(=O)Nc3ccccn3)sc2c1. The van der Waals surface area contributed by atoms with Gasteiger partial charge in [-0.05, 0) is 37.3 Å². The molecule has 0 bridgehead atoms. The average molecular weight is 342 g/mol. The number of ether oxygens (including phenoxy) is 1. The molecule has 8 heteroatoms. The molecule has 0 aliphatic carbocycles. The van der Waals surface area contributed by atoms with Gasteiger partial charge in [0.1, 0.15) is 5.82 Å². The first-order valence-corrected chi connectivity index (χ1v) is 8.04. The number of nitrogens with one attached hydrogen (secondary N) is 2. The molecule has 0 saturated heterocycles. The zero-order chi connectivity index (χ0) is 16.9. The van der Waals surface area contributed by atoms with Crippen LogP contribution in [0, 0.1) is 0 Å². The molecule has 2 aromatic heterocycles. The number of nitrogens with zero attached hydrogens (tertiary/aromatic N) is 2. The number of thiazole rings is 1. The van der Waals surface area contributed by atoms with Crippen molar-refractivity contribution in [3.8, 4) is 0 Å². The van der Waals surface area contributed by atoms with E-state index in [0.29, 0.717) is 28.6 Å². The molecule has 1 aromatic carbocycles. The quantitative estimate of drug-likeness (QED) is 0.708. The van der Waals surface area contributed by atoms with Gasteiger partial charge in [0.15, 0.2) is 5.13 Å². The number of hydrogen-bond donors (Lipinski definition) is 2. The van der Waals surface area contributed by atoms with Crippen molar-refractivity contribution >= 4 is 44.5 Å². The maximum absolute atomic E-state index is 11.9. The molecule has 3 aromatic rings. The second kappa shape index (κ2) is 7.05. The fourth-order valence-electron chi connectivity index (χ4n) is 2.00. The number of hydrogen-bond acceptors (Lipinski definition) is 6. The Balaban J connectivity index is 1.73. The summed E-state index contributed by atoms with van der Waals surface area (Å²) in [5.41, 5.74) is 1.15. The van der Waals surface area contributed by atoms with Crippen molar-refractivity contribution in [2.75, 3.05) is 17.2 Å². The number of amides is 2. The lowest BCUT2D eigenvalue weighted by molar-refractivity contribution is 0.0526. The van der Waals surface area contributed by atoms with E-state index in [1.54, 1.807) is 49.5 Å². The molecule has 3 rings (SSSR count). The van der Waals surface area contributed by atoms with E-state index < -0.39 is 6.03 Å². The second-order valence-corrected chi connectivity index (χ2v) is 5.75. The predicted octanol–water partition coefficient (Wildman–Crippen LogP) is 3.51. The van der Waals surface area contributed by atoms with Crippen molar-refractivity contribution in [3.05, 3.63) is 48.2 Å². The van der Waals surface area contributed by atoms with Gasteiger partial charge in [-0.15, -0.1) is 0 Å². The van der Waals surface area contributed by atoms with Gasteiger partial charge in [0.05, 0.1) is 22.4 Å². The zero-order valence-corrected chi connectivity index (χ0v) is 13.6. The molecule has 2 heterocycles. The van der Waals surface area contributed by atoms with Crippen LogP contribution in [0.25, 0.3) is 10.2 Å². The summed E-state index contributed by atoms with van der Waals surface area (Å²) in [6.07, 6.45) is 1.59. The van der Waals surface area contributed by atoms with Crippen LogP contribution in [0.2, 0.25) is 0 Å². The van der Waals surface area contributed by atoms with Crippen LogP contribution in [0.3, 0.4) is 0 Å². The summed E-state index contributed by atoms with van der Waals surface area (Å²) in [4.78, 5) is 32.0. The van der Waals surface area contributed by atoms with E-state index in [-0.39, 0.29) is 5.97 Å². The number of aromatic nitrogens is 2. The first kappa shape index (κ1) is 15.9. The Morgan fingerprint density at radius 2 is 2.08 bits per heavy atom. The van der Waals surface area contributed by atoms with Crippen molar-refractivity contribution in [1.82, 2.24) is 9.97 Å². The van der Waals surface area contributed by atoms with Crippen molar-refractivity contribution < 1.29 is 14.3 Å². The van der Waals surface area contributed by atoms with E-state index in [0.717, 1.165) is 4.70 Å². The van der Waals surface area contributed by atoms with Gasteiger partial charge >= 0.3 is 12.0 Å². The molecule has 0 aliphatic rings. The largest absolute Gasteiger partial charge is 0.462 e. The van der Waals surface area contributed by atoms with Gasteiger partial charge in [-0.2, -0.15) is 0 Å². The first-order valence-electron chi connectivity index (χ1n) is 7.22. The molecule has 24 heavy (non-hydrogen) atoms. The van der Waals surface area contributed by atoms with Crippen molar-refractivity contribution in [2.45, 2.75) is 6.92 Å². The highest BCUT2D eigenvalue weighted by Gasteiger charge is 2.12. The van der Waals surface area contributed by atoms with Crippen LogP contribution in [-0.2, 0) is 4.74 Å². The van der Waals surface area contributed by atoms with Crippen LogP contribution in [0.15, 0.2) is 42.6 Å². The molecule has 0 saturated carbocycles. The number of fused-ring (bicyclic) bond motifs is 1. The number of carbonyl (C=O) groups excluding carboxylic acids is 2. The van der Waals surface area contributed by atoms with E-state index in [9.17, 15) is 9.59 Å². The molecule has 0 fully saturated rings. The third kappa shape index (κ3) is 3.66. The predicted molar refractivity (Wildman–Crippen MR) is 92.5 cm³/mol. The summed E-state index contributed by atoms with van der Waals surface area (Å²) >= 11 is 1.27. The van der Waals surface area contributed by atoms with Gasteiger partial charge in [0, 0.05) is 6.20 Å². The molecule has 2 N–H and O–H groups in total. The second-order valence-electron chi connectivity index (χ2n) is 4.72. The third-order valence-electron chi connectivity index (χ3n) is 3.03. The molecular weight excluding hydrogens is 328 g/mol. The molecule has 122 valence electrons. The van der Waals surface area contributed by atoms with Gasteiger partial charge < -0.3 is 4.74 Å². The fraction of sp³-hybridized carbons (Fsp3) is 0.125. The summed E-state index contributed by atoms with van der Waals surface area (Å²) < 4.78 is 5.76. The van der Waals surface area contributed by atoms with E-state index >= 15 is 0 Å². The van der Waals surface area contributed by atoms with Crippen LogP contribution < -0.4 is 10.6 Å². The maximum atomic E-state index is 11.9. The van der Waals surface area contributed by atoms with Gasteiger partial charge in [0.25, 0.3) is 0 Å². The Hall–Kier alpha value is -3.00. The van der Waals surface area contributed by atoms with Gasteiger partial charge in [-0.3, -0.25) is 10.6 Å². The highest BCUT2D eigenvalue weighted by molar-refractivity contribution is 7.22. The molecular formula is C16H14N4O3S. The number of anilines is 2. The van der Waals surface area contributed by atoms with Crippen LogP contribution in [0.5, 0.6) is 0 Å². The summed E-state index contributed by atoms with van der Waals surface area (Å²) in [5.74, 6) is 0.0657. The lowest BCUT2D eigenvalue weighted by atomic mass is 10.2. The third-order valence-corrected chi connectivity index (χ3v) is 3.96. The van der Waals surface area contributed by atoms with Gasteiger partial charge in [-0.1, -0.05) is 17.4 Å². The standard InChI is InChI=1S/C16H14N4O3S/c1-2-23-14(21)10-6-7-11-12(9-10)24-16(18-11)20-15(22)19-13-5-3-4-8-17-13/h3-9H,2H2,1H3,(H2,17,18,19,20,22). The van der Waals surface area contributed by atoms with Crippen LogP contribution in [-0.4, -0.2) is 28.6 Å². The monoisotopic (exact) mass is 342 g/mol. The van der Waals surface area contributed by atoms with E-state index in [2.05, 4.69) is 20.6 Å². The highest BCUT2D eigenvalue weighted by Crippen LogP contribution is 2.27. The number of carbonyl (C=O) groups is 2. The lowest BCUT2D eigenvalue weighted by Crippen LogP contribution is -2.19. The fourth-order valence-corrected chi connectivity index (χ4v) is 2.90. The Kier molecular flexibility index (Phi) is 4.66. The number of rotatable bonds is 4. The van der Waals surface area contributed by atoms with E-state index in [1.807, 2.05) is 0 Å². The molecule has 0 spiro atoms. The zero-order valence-electron chi connectivity index (χ0n) is 12.8. The van der Waals surface area contributed by atoms with Crippen molar-refractivity contribution in [1.29, 1.82) is 0 Å². The maximum Gasteiger partial charge on any atom is 0.338 e. The summed E-state index contributed by atoms with van der Waals surface area (Å²) in [6, 6.07) is 9.86. The van der Waals surface area contributed by atoms with Gasteiger partial charge in [0.2, 0.25) is 0 Å². The average Bonchev–Trinajstić information content (AvgIpc) is 2.97. The number of benzene rings is 1. The molecule has 0 unspecified atom stereocenters. The topological polar surface area (TPSA) is 93.2 Å². The molecule has 7 nitrogen and oxygen atoms in total. The Morgan fingerprint density at radius 3 is 2.83 bits per heavy atom. The minimum absolute atomic E-state index is 0.320. The summed E-state index contributed by atoms with van der Waals surface area (Å²) in [5, 5.41) is 5.70. The summed E-state index contributed by atoms with van der Waals surface area (Å²) in [7, 11) is 0. The lowest BCUT2D eigenvalue weighted by Gasteiger charge is -2.03. The Labute approximate surface area is 141 Å². The molecule has 0 aliphatic heterocycles. The molecule has 2 amide bonds. The van der Waals surface area contributed by atoms with E-state index in [4.69, 9.17) is 4.74 Å². The van der Waals surface area contributed by atoms with Gasteiger partial charge in [-0.25, -0.2) is 19.6 Å². The number of esters is 1. The number of pyridine rings is 1. The smallest absolute Gasteiger partial charge is 0.338 e. The molecule has 0 atom stereocenters. The minimum Gasteiger partial charge on any atom is -0.462 e. The first-order chi connectivity index (χ1) is 11.7. The van der Waals surface area contributed by atoms with Crippen LogP contribution >= 0.6 is 11.3 Å².